The maximum Gasteiger partial charge on any atom is 0.315 e. The van der Waals surface area contributed by atoms with Crippen LogP contribution < -0.4 is 4.74 Å². The number of carbonyl (C=O) groups is 1. The Labute approximate surface area is 175 Å². The molecule has 0 spiro atoms. The van der Waals surface area contributed by atoms with Crippen LogP contribution in [0.1, 0.15) is 85.1 Å². The summed E-state index contributed by atoms with van der Waals surface area (Å²) in [5, 5.41) is 21.6. The third-order valence-electron chi connectivity index (χ3n) is 7.74. The molecule has 29 heavy (non-hydrogen) atoms. The summed E-state index contributed by atoms with van der Waals surface area (Å²) in [4.78, 5) is 13.1. The number of ether oxygens (including phenoxy) is 1. The van der Waals surface area contributed by atoms with Gasteiger partial charge in [0.25, 0.3) is 0 Å². The van der Waals surface area contributed by atoms with Gasteiger partial charge in [0.15, 0.2) is 0 Å². The number of hydrogen-bond donors (Lipinski definition) is 2. The summed E-state index contributed by atoms with van der Waals surface area (Å²) in [6, 6.07) is 5.10. The zero-order valence-electron chi connectivity index (χ0n) is 18.5. The second-order valence-electron chi connectivity index (χ2n) is 9.95. The van der Waals surface area contributed by atoms with Gasteiger partial charge in [0.05, 0.1) is 5.56 Å². The van der Waals surface area contributed by atoms with Crippen molar-refractivity contribution in [3.8, 4) is 11.5 Å². The van der Waals surface area contributed by atoms with E-state index in [9.17, 15) is 15.0 Å². The monoisotopic (exact) mass is 400 g/mol. The van der Waals surface area contributed by atoms with Crippen molar-refractivity contribution in [3.63, 3.8) is 0 Å². The van der Waals surface area contributed by atoms with Gasteiger partial charge in [-0.05, 0) is 50.7 Å². The predicted octanol–water partition coefficient (Wildman–Crippen LogP) is 6.22. The van der Waals surface area contributed by atoms with E-state index < -0.39 is 22.4 Å². The number of benzene rings is 1. The Morgan fingerprint density at radius 2 is 1.83 bits per heavy atom. The Hall–Kier alpha value is -1.97. The van der Waals surface area contributed by atoms with Crippen molar-refractivity contribution >= 4 is 5.97 Å². The topological polar surface area (TPSA) is 66.8 Å². The molecule has 0 fully saturated rings. The van der Waals surface area contributed by atoms with Crippen LogP contribution in [0.3, 0.4) is 0 Å². The predicted molar refractivity (Wildman–Crippen MR) is 115 cm³/mol. The molecule has 2 atom stereocenters. The minimum absolute atomic E-state index is 0.0156. The van der Waals surface area contributed by atoms with E-state index in [1.807, 2.05) is 19.9 Å². The minimum Gasteiger partial charge on any atom is -0.507 e. The molecule has 0 radical (unpaired) electrons. The molecule has 0 saturated carbocycles. The normalized spacial score (nSPS) is 27.6. The van der Waals surface area contributed by atoms with Crippen LogP contribution in [0, 0.1) is 10.8 Å². The average molecular weight is 401 g/mol. The summed E-state index contributed by atoms with van der Waals surface area (Å²) in [5.74, 6) is -0.366. The third-order valence-corrected chi connectivity index (χ3v) is 7.74. The number of phenols is 1. The Morgan fingerprint density at radius 1 is 1.14 bits per heavy atom. The van der Waals surface area contributed by atoms with E-state index in [0.717, 1.165) is 19.3 Å². The van der Waals surface area contributed by atoms with Gasteiger partial charge in [-0.2, -0.15) is 0 Å². The number of carboxylic acid groups (broad SMARTS) is 1. The highest BCUT2D eigenvalue weighted by atomic mass is 16.5. The standard InChI is InChI=1S/C25H36O4/c1-6-7-8-9-15-22(2,3)25-17-11-10-16-24(25,21(27)28)20-18(26)13-12-14-19(20)29-23(25,4)5/h10-14,26H,6-9,15-17H2,1-5H3,(H,27,28). The Balaban J connectivity index is 2.27. The lowest BCUT2D eigenvalue weighted by Gasteiger charge is -2.66. The first-order valence-electron chi connectivity index (χ1n) is 11.0. The van der Waals surface area contributed by atoms with Gasteiger partial charge in [-0.3, -0.25) is 4.79 Å². The van der Waals surface area contributed by atoms with Crippen molar-refractivity contribution < 1.29 is 19.7 Å². The fraction of sp³-hybridized carbons (Fsp3) is 0.640. The van der Waals surface area contributed by atoms with Crippen molar-refractivity contribution in [1.82, 2.24) is 0 Å². The second kappa shape index (κ2) is 7.37. The zero-order chi connectivity index (χ0) is 21.5. The highest BCUT2D eigenvalue weighted by molar-refractivity contribution is 5.87. The van der Waals surface area contributed by atoms with Crippen molar-refractivity contribution in [1.29, 1.82) is 0 Å². The molecule has 1 aromatic carbocycles. The second-order valence-corrected chi connectivity index (χ2v) is 9.95. The van der Waals surface area contributed by atoms with Gasteiger partial charge < -0.3 is 14.9 Å². The lowest BCUT2D eigenvalue weighted by atomic mass is 9.39. The molecule has 2 unspecified atom stereocenters. The van der Waals surface area contributed by atoms with Crippen LogP contribution in [0.15, 0.2) is 30.4 Å². The Morgan fingerprint density at radius 3 is 2.48 bits per heavy atom. The number of allylic oxidation sites excluding steroid dienone is 2. The van der Waals surface area contributed by atoms with Gasteiger partial charge in [-0.1, -0.05) is 64.7 Å². The van der Waals surface area contributed by atoms with Crippen LogP contribution in [0.5, 0.6) is 11.5 Å². The van der Waals surface area contributed by atoms with E-state index in [0.29, 0.717) is 24.2 Å². The van der Waals surface area contributed by atoms with Crippen LogP contribution in [0.2, 0.25) is 0 Å². The molecule has 1 aromatic rings. The molecule has 0 amide bonds. The number of aromatic hydroxyl groups is 1. The number of rotatable bonds is 7. The molecular formula is C25H36O4. The number of hydrogen-bond acceptors (Lipinski definition) is 3. The first-order valence-corrected chi connectivity index (χ1v) is 11.0. The van der Waals surface area contributed by atoms with Crippen molar-refractivity contribution in [2.24, 2.45) is 10.8 Å². The summed E-state index contributed by atoms with van der Waals surface area (Å²) >= 11 is 0. The molecule has 0 aromatic heterocycles. The summed E-state index contributed by atoms with van der Waals surface area (Å²) in [5.41, 5.74) is -2.53. The molecule has 4 nitrogen and oxygen atoms in total. The van der Waals surface area contributed by atoms with E-state index in [-0.39, 0.29) is 11.2 Å². The number of fused-ring (bicyclic) bond motifs is 3. The Bertz CT molecular complexity index is 807. The van der Waals surface area contributed by atoms with Crippen LogP contribution in [-0.2, 0) is 10.2 Å². The van der Waals surface area contributed by atoms with Crippen molar-refractivity contribution in [2.45, 2.75) is 90.6 Å². The number of phenolic OH excluding ortho intramolecular Hbond substituents is 1. The van der Waals surface area contributed by atoms with Crippen molar-refractivity contribution in [3.05, 3.63) is 35.9 Å². The fourth-order valence-electron chi connectivity index (χ4n) is 6.59. The summed E-state index contributed by atoms with van der Waals surface area (Å²) in [6.45, 7) is 10.7. The molecule has 2 N–H and O–H groups in total. The molecule has 4 heteroatoms. The smallest absolute Gasteiger partial charge is 0.315 e. The summed E-state index contributed by atoms with van der Waals surface area (Å²) < 4.78 is 6.50. The van der Waals surface area contributed by atoms with Gasteiger partial charge in [-0.25, -0.2) is 0 Å². The number of aliphatic carboxylic acids is 1. The van der Waals surface area contributed by atoms with Crippen LogP contribution >= 0.6 is 0 Å². The number of carboxylic acids is 1. The molecule has 1 aliphatic heterocycles. The highest BCUT2D eigenvalue weighted by Gasteiger charge is 2.73. The van der Waals surface area contributed by atoms with E-state index in [1.54, 1.807) is 18.2 Å². The van der Waals surface area contributed by atoms with Gasteiger partial charge in [0, 0.05) is 5.41 Å². The van der Waals surface area contributed by atoms with Gasteiger partial charge in [-0.15, -0.1) is 0 Å². The van der Waals surface area contributed by atoms with Crippen LogP contribution in [-0.4, -0.2) is 21.8 Å². The molecular weight excluding hydrogens is 364 g/mol. The molecule has 1 aliphatic carbocycles. The molecule has 1 heterocycles. The molecule has 160 valence electrons. The van der Waals surface area contributed by atoms with Gasteiger partial charge in [0.1, 0.15) is 22.5 Å². The third kappa shape index (κ3) is 2.90. The van der Waals surface area contributed by atoms with Crippen LogP contribution in [0.25, 0.3) is 0 Å². The summed E-state index contributed by atoms with van der Waals surface area (Å²) in [7, 11) is 0. The highest BCUT2D eigenvalue weighted by Crippen LogP contribution is 2.70. The lowest BCUT2D eigenvalue weighted by molar-refractivity contribution is -0.199. The molecule has 0 saturated heterocycles. The quantitative estimate of drug-likeness (QED) is 0.421. The average Bonchev–Trinajstić information content (AvgIpc) is 2.64. The maximum absolute atomic E-state index is 13.1. The molecule has 2 aliphatic rings. The summed E-state index contributed by atoms with van der Waals surface area (Å²) in [6.07, 6.45) is 10.5. The van der Waals surface area contributed by atoms with Crippen LogP contribution in [0.4, 0.5) is 0 Å². The SMILES string of the molecule is CCCCCCC(C)(C)C12CC=CCC1(C(=O)O)c1c(O)cccc1OC2(C)C. The first kappa shape index (κ1) is 21.7. The molecule has 0 bridgehead atoms. The van der Waals surface area contributed by atoms with E-state index >= 15 is 0 Å². The maximum atomic E-state index is 13.1. The first-order chi connectivity index (χ1) is 13.6. The van der Waals surface area contributed by atoms with E-state index in [2.05, 4.69) is 26.8 Å². The largest absolute Gasteiger partial charge is 0.507 e. The van der Waals surface area contributed by atoms with E-state index in [1.165, 1.54) is 12.8 Å². The molecule has 3 rings (SSSR count). The minimum atomic E-state index is -1.24. The van der Waals surface area contributed by atoms with Crippen molar-refractivity contribution in [2.75, 3.05) is 0 Å². The van der Waals surface area contributed by atoms with E-state index in [4.69, 9.17) is 4.74 Å². The lowest BCUT2D eigenvalue weighted by Crippen LogP contribution is -2.71. The zero-order valence-corrected chi connectivity index (χ0v) is 18.5. The number of unbranched alkanes of at least 4 members (excludes halogenated alkanes) is 3. The Kier molecular flexibility index (Phi) is 5.53. The van der Waals surface area contributed by atoms with Gasteiger partial charge in [0.2, 0.25) is 0 Å². The fourth-order valence-corrected chi connectivity index (χ4v) is 6.59. The van der Waals surface area contributed by atoms with Gasteiger partial charge >= 0.3 is 5.97 Å².